The van der Waals surface area contributed by atoms with Crippen LogP contribution in [-0.2, 0) is 9.31 Å². The van der Waals surface area contributed by atoms with Crippen molar-refractivity contribution >= 4 is 23.6 Å². The van der Waals surface area contributed by atoms with Crippen LogP contribution < -0.4 is 5.46 Å². The highest BCUT2D eigenvalue weighted by molar-refractivity contribution is 6.62. The highest BCUT2D eigenvalue weighted by Crippen LogP contribution is 2.37. The van der Waals surface area contributed by atoms with E-state index in [0.29, 0.717) is 6.04 Å². The summed E-state index contributed by atoms with van der Waals surface area (Å²) in [4.78, 5) is 4.58. The van der Waals surface area contributed by atoms with Gasteiger partial charge in [-0.25, -0.2) is 4.98 Å². The predicted octanol–water partition coefficient (Wildman–Crippen LogP) is 3.06. The zero-order chi connectivity index (χ0) is 15.5. The fourth-order valence-corrected chi connectivity index (χ4v) is 3.13. The van der Waals surface area contributed by atoms with Crippen LogP contribution >= 0.6 is 0 Å². The van der Waals surface area contributed by atoms with Crippen LogP contribution in [0.15, 0.2) is 24.5 Å². The van der Waals surface area contributed by atoms with Crippen LogP contribution in [0, 0.1) is 0 Å². The number of rotatable bonds is 2. The van der Waals surface area contributed by atoms with Gasteiger partial charge in [0, 0.05) is 6.04 Å². The van der Waals surface area contributed by atoms with Crippen molar-refractivity contribution in [3.63, 3.8) is 0 Å². The molecular formula is C17H23BN2O2. The van der Waals surface area contributed by atoms with Gasteiger partial charge in [0.25, 0.3) is 0 Å². The van der Waals surface area contributed by atoms with Gasteiger partial charge >= 0.3 is 7.12 Å². The zero-order valence-electron chi connectivity index (χ0n) is 13.8. The van der Waals surface area contributed by atoms with Crippen molar-refractivity contribution in [2.75, 3.05) is 0 Å². The van der Waals surface area contributed by atoms with Crippen molar-refractivity contribution in [2.24, 2.45) is 0 Å². The van der Waals surface area contributed by atoms with Gasteiger partial charge in [0.15, 0.2) is 0 Å². The van der Waals surface area contributed by atoms with Gasteiger partial charge in [-0.1, -0.05) is 6.07 Å². The molecule has 0 amide bonds. The van der Waals surface area contributed by atoms with Gasteiger partial charge in [-0.15, -0.1) is 0 Å². The van der Waals surface area contributed by atoms with Crippen LogP contribution in [0.5, 0.6) is 0 Å². The van der Waals surface area contributed by atoms with E-state index in [1.807, 2.05) is 6.33 Å². The van der Waals surface area contributed by atoms with E-state index < -0.39 is 0 Å². The molecule has 0 N–H and O–H groups in total. The molecule has 4 nitrogen and oxygen atoms in total. The Morgan fingerprint density at radius 3 is 2.41 bits per heavy atom. The molecule has 0 radical (unpaired) electrons. The first kappa shape index (κ1) is 14.3. The fourth-order valence-electron chi connectivity index (χ4n) is 3.13. The molecule has 2 aliphatic rings. The summed E-state index contributed by atoms with van der Waals surface area (Å²) >= 11 is 0. The molecule has 22 heavy (non-hydrogen) atoms. The summed E-state index contributed by atoms with van der Waals surface area (Å²) in [6.07, 6.45) is 5.84. The molecule has 1 aliphatic carbocycles. The Kier molecular flexibility index (Phi) is 2.98. The van der Waals surface area contributed by atoms with E-state index in [4.69, 9.17) is 9.31 Å². The largest absolute Gasteiger partial charge is 0.494 e. The number of hydrogen-bond acceptors (Lipinski definition) is 3. The Morgan fingerprint density at radius 2 is 1.82 bits per heavy atom. The first-order valence-electron chi connectivity index (χ1n) is 8.19. The molecular weight excluding hydrogens is 275 g/mol. The smallest absolute Gasteiger partial charge is 0.399 e. The van der Waals surface area contributed by atoms with Crippen LogP contribution in [0.2, 0.25) is 0 Å². The molecule has 2 fully saturated rings. The Bertz CT molecular complexity index is 703. The van der Waals surface area contributed by atoms with Crippen LogP contribution in [0.1, 0.15) is 53.0 Å². The summed E-state index contributed by atoms with van der Waals surface area (Å²) in [6.45, 7) is 8.32. The fraction of sp³-hybridized carbons (Fsp3) is 0.588. The molecule has 116 valence electrons. The number of fused-ring (bicyclic) bond motifs is 1. The maximum Gasteiger partial charge on any atom is 0.494 e. The first-order valence-corrected chi connectivity index (χ1v) is 8.19. The highest BCUT2D eigenvalue weighted by Gasteiger charge is 2.51. The summed E-state index contributed by atoms with van der Waals surface area (Å²) in [7, 11) is -0.316. The van der Waals surface area contributed by atoms with E-state index in [2.05, 4.69) is 55.4 Å². The molecule has 1 aliphatic heterocycles. The molecule has 1 saturated carbocycles. The molecule has 1 aromatic heterocycles. The monoisotopic (exact) mass is 298 g/mol. The number of hydrogen-bond donors (Lipinski definition) is 0. The molecule has 0 bridgehead atoms. The third-order valence-electron chi connectivity index (χ3n) is 5.59. The van der Waals surface area contributed by atoms with Gasteiger partial charge in [-0.05, 0) is 64.6 Å². The van der Waals surface area contributed by atoms with E-state index in [9.17, 15) is 0 Å². The summed E-state index contributed by atoms with van der Waals surface area (Å²) in [5.41, 5.74) is 2.67. The molecule has 0 atom stereocenters. The summed E-state index contributed by atoms with van der Waals surface area (Å²) in [6, 6.07) is 7.00. The van der Waals surface area contributed by atoms with Crippen molar-refractivity contribution in [1.82, 2.24) is 9.55 Å². The van der Waals surface area contributed by atoms with Crippen LogP contribution in [-0.4, -0.2) is 27.9 Å². The minimum Gasteiger partial charge on any atom is -0.399 e. The van der Waals surface area contributed by atoms with Crippen molar-refractivity contribution < 1.29 is 9.31 Å². The van der Waals surface area contributed by atoms with Gasteiger partial charge < -0.3 is 13.9 Å². The normalized spacial score (nSPS) is 23.9. The average Bonchev–Trinajstić information content (AvgIpc) is 2.87. The Balaban J connectivity index is 1.66. The molecule has 2 aromatic rings. The van der Waals surface area contributed by atoms with Gasteiger partial charge in [0.05, 0.1) is 28.6 Å². The molecule has 1 saturated heterocycles. The highest BCUT2D eigenvalue weighted by atomic mass is 16.7. The van der Waals surface area contributed by atoms with Gasteiger partial charge in [-0.3, -0.25) is 0 Å². The zero-order valence-corrected chi connectivity index (χ0v) is 13.8. The second kappa shape index (κ2) is 4.59. The van der Waals surface area contributed by atoms with Crippen molar-refractivity contribution in [1.29, 1.82) is 0 Å². The second-order valence-electron chi connectivity index (χ2n) is 7.57. The van der Waals surface area contributed by atoms with Crippen molar-refractivity contribution in [3.05, 3.63) is 24.5 Å². The van der Waals surface area contributed by atoms with E-state index in [1.165, 1.54) is 24.8 Å². The third kappa shape index (κ3) is 2.03. The van der Waals surface area contributed by atoms with E-state index in [0.717, 1.165) is 11.0 Å². The number of aromatic nitrogens is 2. The standard InChI is InChI=1S/C17H23BN2O2/c1-16(2)17(3,4)22-18(21-16)12-8-9-15-14(10-12)19-11-20(15)13-6-5-7-13/h8-11,13H,5-7H2,1-4H3. The average molecular weight is 298 g/mol. The Hall–Kier alpha value is -1.33. The van der Waals surface area contributed by atoms with Crippen molar-refractivity contribution in [2.45, 2.75) is 64.2 Å². The topological polar surface area (TPSA) is 36.3 Å². The Labute approximate surface area is 132 Å². The molecule has 0 unspecified atom stereocenters. The lowest BCUT2D eigenvalue weighted by atomic mass is 9.79. The van der Waals surface area contributed by atoms with E-state index in [-0.39, 0.29) is 18.3 Å². The minimum atomic E-state index is -0.316. The van der Waals surface area contributed by atoms with Gasteiger partial charge in [0.1, 0.15) is 0 Å². The molecule has 2 heterocycles. The molecule has 0 spiro atoms. The lowest BCUT2D eigenvalue weighted by Gasteiger charge is -2.32. The van der Waals surface area contributed by atoms with Gasteiger partial charge in [-0.2, -0.15) is 0 Å². The lowest BCUT2D eigenvalue weighted by molar-refractivity contribution is 0.00578. The maximum atomic E-state index is 6.13. The van der Waals surface area contributed by atoms with Crippen molar-refractivity contribution in [3.8, 4) is 0 Å². The summed E-state index contributed by atoms with van der Waals surface area (Å²) in [5, 5.41) is 0. The number of imidazole rings is 1. The summed E-state index contributed by atoms with van der Waals surface area (Å²) < 4.78 is 14.6. The van der Waals surface area contributed by atoms with Crippen LogP contribution in [0.3, 0.4) is 0 Å². The summed E-state index contributed by atoms with van der Waals surface area (Å²) in [5.74, 6) is 0. The lowest BCUT2D eigenvalue weighted by Crippen LogP contribution is -2.41. The molecule has 5 heteroatoms. The van der Waals surface area contributed by atoms with Gasteiger partial charge in [0.2, 0.25) is 0 Å². The third-order valence-corrected chi connectivity index (χ3v) is 5.59. The minimum absolute atomic E-state index is 0.308. The van der Waals surface area contributed by atoms with Crippen LogP contribution in [0.25, 0.3) is 11.0 Å². The van der Waals surface area contributed by atoms with E-state index in [1.54, 1.807) is 0 Å². The number of benzene rings is 1. The first-order chi connectivity index (χ1) is 10.4. The maximum absolute atomic E-state index is 6.13. The molecule has 4 rings (SSSR count). The predicted molar refractivity (Wildman–Crippen MR) is 88.3 cm³/mol. The Morgan fingerprint density at radius 1 is 1.14 bits per heavy atom. The second-order valence-corrected chi connectivity index (χ2v) is 7.57. The van der Waals surface area contributed by atoms with E-state index >= 15 is 0 Å². The molecule has 1 aromatic carbocycles. The van der Waals surface area contributed by atoms with Crippen LogP contribution in [0.4, 0.5) is 0 Å². The quantitative estimate of drug-likeness (QED) is 0.800. The SMILES string of the molecule is CC1(C)OB(c2ccc3c(c2)ncn3C2CCC2)OC1(C)C. The number of nitrogens with zero attached hydrogens (tertiary/aromatic N) is 2.